The summed E-state index contributed by atoms with van der Waals surface area (Å²) in [6.07, 6.45) is 1.19. The number of anilines is 1. The summed E-state index contributed by atoms with van der Waals surface area (Å²) in [7, 11) is 0. The van der Waals surface area contributed by atoms with Crippen LogP contribution in [0.25, 0.3) is 0 Å². The summed E-state index contributed by atoms with van der Waals surface area (Å²) in [6.45, 7) is 14.3. The lowest BCUT2D eigenvalue weighted by Crippen LogP contribution is -2.32. The van der Waals surface area contributed by atoms with Gasteiger partial charge in [-0.15, -0.1) is 0 Å². The molecular formula is C17H30N2. The van der Waals surface area contributed by atoms with Crippen LogP contribution in [0.3, 0.4) is 0 Å². The summed E-state index contributed by atoms with van der Waals surface area (Å²) in [6, 6.07) is 9.57. The summed E-state index contributed by atoms with van der Waals surface area (Å²) in [5, 5.41) is 3.65. The smallest absolute Gasteiger partial charge is 0.0366 e. The molecule has 0 aliphatic rings. The van der Waals surface area contributed by atoms with Gasteiger partial charge in [-0.25, -0.2) is 0 Å². The number of benzene rings is 1. The Hall–Kier alpha value is -1.02. The second kappa shape index (κ2) is 8.21. The van der Waals surface area contributed by atoms with Crippen LogP contribution in [0, 0.1) is 5.92 Å². The minimum absolute atomic E-state index is 0.613. The predicted molar refractivity (Wildman–Crippen MR) is 85.8 cm³/mol. The largest absolute Gasteiger partial charge is 0.372 e. The zero-order chi connectivity index (χ0) is 14.3. The molecule has 0 radical (unpaired) electrons. The number of hydrogen-bond donors (Lipinski definition) is 1. The van der Waals surface area contributed by atoms with Gasteiger partial charge >= 0.3 is 0 Å². The number of hydrogen-bond acceptors (Lipinski definition) is 2. The molecule has 0 aromatic heterocycles. The second-order valence-corrected chi connectivity index (χ2v) is 5.48. The van der Waals surface area contributed by atoms with Gasteiger partial charge in [0, 0.05) is 31.4 Å². The van der Waals surface area contributed by atoms with Gasteiger partial charge in [0.05, 0.1) is 0 Å². The fraction of sp³-hybridized carbons (Fsp3) is 0.647. The predicted octanol–water partition coefficient (Wildman–Crippen LogP) is 4.06. The molecule has 19 heavy (non-hydrogen) atoms. The van der Waals surface area contributed by atoms with Crippen molar-refractivity contribution in [3.05, 3.63) is 29.8 Å². The minimum Gasteiger partial charge on any atom is -0.372 e. The second-order valence-electron chi connectivity index (χ2n) is 5.48. The van der Waals surface area contributed by atoms with E-state index in [1.807, 2.05) is 0 Å². The molecule has 0 spiro atoms. The lowest BCUT2D eigenvalue weighted by molar-refractivity contribution is 0.387. The van der Waals surface area contributed by atoms with Crippen molar-refractivity contribution >= 4 is 5.69 Å². The van der Waals surface area contributed by atoms with Crippen LogP contribution >= 0.6 is 0 Å². The first-order valence-electron chi connectivity index (χ1n) is 7.69. The van der Waals surface area contributed by atoms with Crippen molar-refractivity contribution in [1.82, 2.24) is 5.32 Å². The Morgan fingerprint density at radius 3 is 2.00 bits per heavy atom. The normalized spacial score (nSPS) is 12.7. The lowest BCUT2D eigenvalue weighted by Gasteiger charge is -2.22. The van der Waals surface area contributed by atoms with Gasteiger partial charge in [-0.05, 0) is 43.9 Å². The minimum atomic E-state index is 0.613. The molecule has 2 nitrogen and oxygen atoms in total. The van der Waals surface area contributed by atoms with E-state index in [0.29, 0.717) is 12.0 Å². The maximum absolute atomic E-state index is 3.65. The van der Waals surface area contributed by atoms with E-state index in [-0.39, 0.29) is 0 Å². The molecule has 1 N–H and O–H groups in total. The summed E-state index contributed by atoms with van der Waals surface area (Å²) < 4.78 is 0. The van der Waals surface area contributed by atoms with Crippen LogP contribution in [0.5, 0.6) is 0 Å². The first-order chi connectivity index (χ1) is 9.12. The van der Waals surface area contributed by atoms with Gasteiger partial charge in [-0.3, -0.25) is 0 Å². The van der Waals surface area contributed by atoms with Crippen molar-refractivity contribution in [2.75, 3.05) is 18.0 Å². The zero-order valence-electron chi connectivity index (χ0n) is 13.2. The van der Waals surface area contributed by atoms with Gasteiger partial charge in [0.2, 0.25) is 0 Å². The molecule has 0 fully saturated rings. The van der Waals surface area contributed by atoms with E-state index in [1.54, 1.807) is 0 Å². The Balaban J connectivity index is 2.57. The molecule has 1 aromatic rings. The first-order valence-corrected chi connectivity index (χ1v) is 7.69. The number of rotatable bonds is 8. The third-order valence-corrected chi connectivity index (χ3v) is 3.88. The highest BCUT2D eigenvalue weighted by Gasteiger charge is 2.09. The third kappa shape index (κ3) is 4.87. The van der Waals surface area contributed by atoms with E-state index in [1.165, 1.54) is 17.7 Å². The van der Waals surface area contributed by atoms with Crippen LogP contribution < -0.4 is 10.2 Å². The van der Waals surface area contributed by atoms with Crippen molar-refractivity contribution < 1.29 is 0 Å². The molecule has 108 valence electrons. The number of nitrogens with zero attached hydrogens (tertiary/aromatic N) is 1. The SMILES string of the molecule is CCC(NCc1ccc(N(CC)CC)cc1)C(C)C. The average molecular weight is 262 g/mol. The van der Waals surface area contributed by atoms with E-state index in [2.05, 4.69) is 69.1 Å². The molecule has 0 saturated carbocycles. The van der Waals surface area contributed by atoms with E-state index in [9.17, 15) is 0 Å². The molecule has 0 aliphatic heterocycles. The van der Waals surface area contributed by atoms with Crippen molar-refractivity contribution in [2.45, 2.75) is 53.6 Å². The third-order valence-electron chi connectivity index (χ3n) is 3.88. The van der Waals surface area contributed by atoms with Crippen LogP contribution in [0.1, 0.15) is 46.6 Å². The molecule has 1 atom stereocenters. The van der Waals surface area contributed by atoms with Gasteiger partial charge in [0.1, 0.15) is 0 Å². The average Bonchev–Trinajstić information content (AvgIpc) is 2.42. The van der Waals surface area contributed by atoms with Crippen molar-refractivity contribution in [3.8, 4) is 0 Å². The van der Waals surface area contributed by atoms with Gasteiger partial charge in [-0.2, -0.15) is 0 Å². The maximum atomic E-state index is 3.65. The fourth-order valence-corrected chi connectivity index (χ4v) is 2.51. The molecule has 1 rings (SSSR count). The van der Waals surface area contributed by atoms with Crippen molar-refractivity contribution in [3.63, 3.8) is 0 Å². The summed E-state index contributed by atoms with van der Waals surface area (Å²) in [5.74, 6) is 0.694. The maximum Gasteiger partial charge on any atom is 0.0366 e. The molecule has 1 unspecified atom stereocenters. The van der Waals surface area contributed by atoms with Gasteiger partial charge < -0.3 is 10.2 Å². The van der Waals surface area contributed by atoms with E-state index >= 15 is 0 Å². The van der Waals surface area contributed by atoms with Gasteiger partial charge in [0.25, 0.3) is 0 Å². The van der Waals surface area contributed by atoms with E-state index in [4.69, 9.17) is 0 Å². The molecule has 0 heterocycles. The highest BCUT2D eigenvalue weighted by Crippen LogP contribution is 2.15. The van der Waals surface area contributed by atoms with Gasteiger partial charge in [0.15, 0.2) is 0 Å². The Bertz CT molecular complexity index is 339. The number of nitrogens with one attached hydrogen (secondary N) is 1. The Morgan fingerprint density at radius 1 is 1.00 bits per heavy atom. The molecular weight excluding hydrogens is 232 g/mol. The van der Waals surface area contributed by atoms with Crippen LogP contribution in [0.4, 0.5) is 5.69 Å². The van der Waals surface area contributed by atoms with Gasteiger partial charge in [-0.1, -0.05) is 32.9 Å². The standard InChI is InChI=1S/C17H30N2/c1-6-17(14(4)5)18-13-15-9-11-16(12-10-15)19(7-2)8-3/h9-12,14,17-18H,6-8,13H2,1-5H3. The molecule has 1 aromatic carbocycles. The van der Waals surface area contributed by atoms with E-state index < -0.39 is 0 Å². The molecule has 0 aliphatic carbocycles. The highest BCUT2D eigenvalue weighted by molar-refractivity contribution is 5.47. The molecule has 0 amide bonds. The van der Waals surface area contributed by atoms with Crippen molar-refractivity contribution in [1.29, 1.82) is 0 Å². The quantitative estimate of drug-likeness (QED) is 0.760. The monoisotopic (exact) mass is 262 g/mol. The summed E-state index contributed by atoms with van der Waals surface area (Å²) >= 11 is 0. The lowest BCUT2D eigenvalue weighted by atomic mass is 10.0. The molecule has 0 bridgehead atoms. The summed E-state index contributed by atoms with van der Waals surface area (Å²) in [5.41, 5.74) is 2.69. The van der Waals surface area contributed by atoms with E-state index in [0.717, 1.165) is 19.6 Å². The fourth-order valence-electron chi connectivity index (χ4n) is 2.51. The molecule has 0 saturated heterocycles. The Labute approximate surface area is 119 Å². The zero-order valence-corrected chi connectivity index (χ0v) is 13.2. The van der Waals surface area contributed by atoms with Crippen LogP contribution in [0.2, 0.25) is 0 Å². The van der Waals surface area contributed by atoms with Crippen LogP contribution in [0.15, 0.2) is 24.3 Å². The Kier molecular flexibility index (Phi) is 6.93. The van der Waals surface area contributed by atoms with Crippen molar-refractivity contribution in [2.24, 2.45) is 5.92 Å². The first kappa shape index (κ1) is 16.0. The van der Waals surface area contributed by atoms with Crippen LogP contribution in [-0.4, -0.2) is 19.1 Å². The van der Waals surface area contributed by atoms with Crippen LogP contribution in [-0.2, 0) is 6.54 Å². The highest BCUT2D eigenvalue weighted by atomic mass is 15.1. The topological polar surface area (TPSA) is 15.3 Å². The summed E-state index contributed by atoms with van der Waals surface area (Å²) in [4.78, 5) is 2.38. The molecule has 2 heteroatoms. The Morgan fingerprint density at radius 2 is 1.58 bits per heavy atom.